The molecule has 0 aliphatic carbocycles. The van der Waals surface area contributed by atoms with E-state index in [1.54, 1.807) is 60.7 Å². The van der Waals surface area contributed by atoms with Gasteiger partial charge in [0.15, 0.2) is 0 Å². The molecule has 8 nitrogen and oxygen atoms in total. The highest BCUT2D eigenvalue weighted by molar-refractivity contribution is 7.93. The molecule has 0 spiro atoms. The molecule has 3 aromatic carbocycles. The van der Waals surface area contributed by atoms with Crippen molar-refractivity contribution >= 4 is 44.7 Å². The topological polar surface area (TPSA) is 108 Å². The molecule has 3 amide bonds. The second-order valence-corrected chi connectivity index (χ2v) is 9.28. The van der Waals surface area contributed by atoms with Crippen LogP contribution in [0, 0.1) is 0 Å². The molecule has 9 heteroatoms. The average molecular weight is 451 g/mol. The predicted molar refractivity (Wildman–Crippen MR) is 126 cm³/mol. The van der Waals surface area contributed by atoms with E-state index in [9.17, 15) is 18.0 Å². The molecule has 0 atom stereocenters. The Morgan fingerprint density at radius 3 is 2.00 bits per heavy atom. The van der Waals surface area contributed by atoms with Gasteiger partial charge in [-0.2, -0.15) is 0 Å². The van der Waals surface area contributed by atoms with Gasteiger partial charge in [0, 0.05) is 29.2 Å². The lowest BCUT2D eigenvalue weighted by Gasteiger charge is -2.17. The zero-order valence-electron chi connectivity index (χ0n) is 17.1. The van der Waals surface area contributed by atoms with Crippen LogP contribution in [0.2, 0.25) is 0 Å². The maximum absolute atomic E-state index is 12.6. The molecule has 1 fully saturated rings. The molecule has 1 saturated heterocycles. The van der Waals surface area contributed by atoms with Crippen molar-refractivity contribution in [3.63, 3.8) is 0 Å². The van der Waals surface area contributed by atoms with E-state index in [1.165, 1.54) is 4.31 Å². The minimum atomic E-state index is -3.31. The summed E-state index contributed by atoms with van der Waals surface area (Å²) >= 11 is 0. The molecule has 0 saturated carbocycles. The van der Waals surface area contributed by atoms with Crippen molar-refractivity contribution in [2.45, 2.75) is 6.42 Å². The van der Waals surface area contributed by atoms with Gasteiger partial charge in [0.05, 0.1) is 11.4 Å². The van der Waals surface area contributed by atoms with Crippen molar-refractivity contribution in [3.05, 3.63) is 84.4 Å². The lowest BCUT2D eigenvalue weighted by molar-refractivity contribution is 0.102. The number of amides is 3. The smallest absolute Gasteiger partial charge is 0.322 e. The molecule has 0 radical (unpaired) electrons. The fourth-order valence-corrected chi connectivity index (χ4v) is 4.94. The monoisotopic (exact) mass is 450 g/mol. The van der Waals surface area contributed by atoms with Crippen molar-refractivity contribution in [2.24, 2.45) is 0 Å². The van der Waals surface area contributed by atoms with Gasteiger partial charge >= 0.3 is 6.03 Å². The van der Waals surface area contributed by atoms with E-state index in [2.05, 4.69) is 16.0 Å². The number of carbonyl (C=O) groups excluding carboxylic acids is 2. The Kier molecular flexibility index (Phi) is 6.09. The summed E-state index contributed by atoms with van der Waals surface area (Å²) in [6.45, 7) is 0.416. The Morgan fingerprint density at radius 2 is 1.38 bits per heavy atom. The summed E-state index contributed by atoms with van der Waals surface area (Å²) in [6, 6.07) is 21.9. The number of nitrogens with zero attached hydrogens (tertiary/aromatic N) is 1. The van der Waals surface area contributed by atoms with Crippen molar-refractivity contribution in [1.82, 2.24) is 0 Å². The third kappa shape index (κ3) is 5.06. The van der Waals surface area contributed by atoms with Crippen LogP contribution in [0.3, 0.4) is 0 Å². The molecule has 3 aromatic rings. The van der Waals surface area contributed by atoms with E-state index >= 15 is 0 Å². The Bertz CT molecular complexity index is 1230. The fourth-order valence-electron chi connectivity index (χ4n) is 3.39. The number of para-hydroxylation sites is 1. The predicted octanol–water partition coefficient (Wildman–Crippen LogP) is 4.12. The first-order chi connectivity index (χ1) is 15.4. The van der Waals surface area contributed by atoms with Gasteiger partial charge in [-0.25, -0.2) is 13.2 Å². The number of hydrogen-bond acceptors (Lipinski definition) is 4. The van der Waals surface area contributed by atoms with Crippen molar-refractivity contribution in [1.29, 1.82) is 0 Å². The summed E-state index contributed by atoms with van der Waals surface area (Å²) in [5, 5.41) is 8.23. The van der Waals surface area contributed by atoms with Gasteiger partial charge in [0.1, 0.15) is 0 Å². The van der Waals surface area contributed by atoms with E-state index in [0.717, 1.165) is 0 Å². The van der Waals surface area contributed by atoms with Gasteiger partial charge in [0.2, 0.25) is 10.0 Å². The highest BCUT2D eigenvalue weighted by Crippen LogP contribution is 2.25. The third-order valence-electron chi connectivity index (χ3n) is 4.93. The van der Waals surface area contributed by atoms with Crippen LogP contribution in [-0.2, 0) is 10.0 Å². The number of nitrogens with one attached hydrogen (secondary N) is 3. The minimum Gasteiger partial charge on any atom is -0.322 e. The lowest BCUT2D eigenvalue weighted by Crippen LogP contribution is -2.25. The van der Waals surface area contributed by atoms with Crippen molar-refractivity contribution in [2.75, 3.05) is 32.6 Å². The van der Waals surface area contributed by atoms with E-state index in [1.807, 2.05) is 18.2 Å². The first kappa shape index (κ1) is 21.4. The highest BCUT2D eigenvalue weighted by atomic mass is 32.2. The second-order valence-electron chi connectivity index (χ2n) is 7.27. The van der Waals surface area contributed by atoms with E-state index in [0.29, 0.717) is 41.3 Å². The minimum absolute atomic E-state index is 0.118. The van der Waals surface area contributed by atoms with Crippen molar-refractivity contribution < 1.29 is 18.0 Å². The Labute approximate surface area is 186 Å². The maximum Gasteiger partial charge on any atom is 0.323 e. The Balaban J connectivity index is 1.38. The van der Waals surface area contributed by atoms with E-state index in [-0.39, 0.29) is 17.7 Å². The van der Waals surface area contributed by atoms with Crippen LogP contribution < -0.4 is 20.3 Å². The zero-order valence-corrected chi connectivity index (χ0v) is 17.9. The molecule has 0 bridgehead atoms. The van der Waals surface area contributed by atoms with Crippen LogP contribution in [0.4, 0.5) is 27.5 Å². The molecule has 0 aromatic heterocycles. The first-order valence-corrected chi connectivity index (χ1v) is 11.7. The fraction of sp³-hybridized carbons (Fsp3) is 0.130. The van der Waals surface area contributed by atoms with Crippen LogP contribution in [0.25, 0.3) is 0 Å². The zero-order chi connectivity index (χ0) is 22.6. The quantitative estimate of drug-likeness (QED) is 0.543. The molecule has 3 N–H and O–H groups in total. The van der Waals surface area contributed by atoms with Crippen LogP contribution in [0.15, 0.2) is 78.9 Å². The Hall–Kier alpha value is -3.85. The van der Waals surface area contributed by atoms with Gasteiger partial charge in [0.25, 0.3) is 5.91 Å². The maximum atomic E-state index is 12.6. The normalized spacial score (nSPS) is 14.6. The van der Waals surface area contributed by atoms with Crippen LogP contribution in [-0.4, -0.2) is 32.7 Å². The largest absolute Gasteiger partial charge is 0.323 e. The number of rotatable bonds is 5. The molecule has 164 valence electrons. The SMILES string of the molecule is O=C(Nc1ccccc1)Nc1ccc(NC(=O)c2cccc(N3CCCS3(=O)=O)c2)cc1. The molecular weight excluding hydrogens is 428 g/mol. The Morgan fingerprint density at radius 1 is 0.750 bits per heavy atom. The van der Waals surface area contributed by atoms with E-state index in [4.69, 9.17) is 0 Å². The summed E-state index contributed by atoms with van der Waals surface area (Å²) in [5.74, 6) is -0.237. The number of hydrogen-bond donors (Lipinski definition) is 3. The number of anilines is 4. The van der Waals surface area contributed by atoms with Gasteiger partial charge in [-0.1, -0.05) is 24.3 Å². The summed E-state index contributed by atoms with van der Waals surface area (Å²) in [7, 11) is -3.31. The van der Waals surface area contributed by atoms with Gasteiger partial charge in [-0.15, -0.1) is 0 Å². The number of sulfonamides is 1. The van der Waals surface area contributed by atoms with Gasteiger partial charge < -0.3 is 16.0 Å². The second kappa shape index (κ2) is 9.11. The summed E-state index contributed by atoms with van der Waals surface area (Å²) in [5.41, 5.74) is 2.63. The molecule has 4 rings (SSSR count). The summed E-state index contributed by atoms with van der Waals surface area (Å²) in [4.78, 5) is 24.7. The van der Waals surface area contributed by atoms with Crippen LogP contribution >= 0.6 is 0 Å². The molecule has 1 aliphatic heterocycles. The van der Waals surface area contributed by atoms with E-state index < -0.39 is 10.0 Å². The van der Waals surface area contributed by atoms with Crippen LogP contribution in [0.1, 0.15) is 16.8 Å². The average Bonchev–Trinajstić information content (AvgIpc) is 3.15. The number of urea groups is 1. The number of benzene rings is 3. The lowest BCUT2D eigenvalue weighted by atomic mass is 10.1. The van der Waals surface area contributed by atoms with Gasteiger partial charge in [-0.05, 0) is 61.0 Å². The standard InChI is InChI=1S/C23H22N4O4S/c28-22(17-6-4-9-21(16-17)27-14-5-15-32(27,30)31)24-19-10-12-20(13-11-19)26-23(29)25-18-7-2-1-3-8-18/h1-4,6-13,16H,5,14-15H2,(H,24,28)(H2,25,26,29). The van der Waals surface area contributed by atoms with Gasteiger partial charge in [-0.3, -0.25) is 9.10 Å². The highest BCUT2D eigenvalue weighted by Gasteiger charge is 2.28. The summed E-state index contributed by atoms with van der Waals surface area (Å²) in [6.07, 6.45) is 0.572. The van der Waals surface area contributed by atoms with Crippen molar-refractivity contribution in [3.8, 4) is 0 Å². The molecule has 1 aliphatic rings. The number of carbonyl (C=O) groups is 2. The molecule has 32 heavy (non-hydrogen) atoms. The van der Waals surface area contributed by atoms with Crippen LogP contribution in [0.5, 0.6) is 0 Å². The first-order valence-electron chi connectivity index (χ1n) is 10.1. The summed E-state index contributed by atoms with van der Waals surface area (Å²) < 4.78 is 25.6. The molecule has 1 heterocycles. The third-order valence-corrected chi connectivity index (χ3v) is 6.80. The molecule has 0 unspecified atom stereocenters. The molecular formula is C23H22N4O4S.